The monoisotopic (exact) mass is 436 g/mol. The van der Waals surface area contributed by atoms with Crippen LogP contribution in [-0.2, 0) is 24.5 Å². The highest BCUT2D eigenvalue weighted by molar-refractivity contribution is 7.99. The topological polar surface area (TPSA) is 82.2 Å². The van der Waals surface area contributed by atoms with Gasteiger partial charge in [-0.15, -0.1) is 16.8 Å². The quantitative estimate of drug-likeness (QED) is 0.384. The number of hydrogen-bond acceptors (Lipinski definition) is 6. The van der Waals surface area contributed by atoms with E-state index in [1.807, 2.05) is 0 Å². The Morgan fingerprint density at radius 3 is 3.00 bits per heavy atom. The van der Waals surface area contributed by atoms with E-state index >= 15 is 0 Å². The van der Waals surface area contributed by atoms with Gasteiger partial charge in [0, 0.05) is 12.6 Å². The number of benzene rings is 1. The van der Waals surface area contributed by atoms with Crippen LogP contribution in [0.25, 0.3) is 0 Å². The number of rotatable bonds is 10. The predicted octanol–water partition coefficient (Wildman–Crippen LogP) is 3.84. The summed E-state index contributed by atoms with van der Waals surface area (Å²) in [6, 6.07) is 7.65. The average molecular weight is 437 g/mol. The molecule has 0 aliphatic heterocycles. The highest BCUT2D eigenvalue weighted by Crippen LogP contribution is 2.23. The lowest BCUT2D eigenvalue weighted by Gasteiger charge is -2.09. The van der Waals surface area contributed by atoms with Gasteiger partial charge in [0.15, 0.2) is 11.0 Å². The van der Waals surface area contributed by atoms with E-state index in [1.165, 1.54) is 30.0 Å². The number of hydrogen-bond donors (Lipinski definition) is 1. The van der Waals surface area contributed by atoms with E-state index in [1.54, 1.807) is 29.0 Å². The van der Waals surface area contributed by atoms with Crippen LogP contribution < -0.4 is 10.1 Å². The molecule has 0 aliphatic rings. The lowest BCUT2D eigenvalue weighted by Crippen LogP contribution is -2.24. The first-order valence-corrected chi connectivity index (χ1v) is 9.96. The van der Waals surface area contributed by atoms with Crippen LogP contribution in [0.15, 0.2) is 58.8 Å². The molecule has 0 aliphatic carbocycles. The highest BCUT2D eigenvalue weighted by Gasteiger charge is 2.14. The van der Waals surface area contributed by atoms with E-state index in [-0.39, 0.29) is 23.3 Å². The molecule has 1 amide bonds. The van der Waals surface area contributed by atoms with Crippen LogP contribution in [0.5, 0.6) is 5.75 Å². The first-order valence-electron chi connectivity index (χ1n) is 8.59. The van der Waals surface area contributed by atoms with E-state index in [0.29, 0.717) is 35.6 Å². The number of thioether (sulfide) groups is 1. The fourth-order valence-corrected chi connectivity index (χ4v) is 3.31. The Morgan fingerprint density at radius 2 is 2.28 bits per heavy atom. The highest BCUT2D eigenvalue weighted by atomic mass is 35.5. The summed E-state index contributed by atoms with van der Waals surface area (Å²) in [6.45, 7) is 4.62. The summed E-state index contributed by atoms with van der Waals surface area (Å²) in [5, 5.41) is 11.6. The third kappa shape index (κ3) is 5.85. The number of nitrogens with one attached hydrogen (secondary N) is 1. The molecular weight excluding hydrogens is 419 g/mol. The van der Waals surface area contributed by atoms with Crippen LogP contribution in [0, 0.1) is 5.82 Å². The van der Waals surface area contributed by atoms with Gasteiger partial charge in [0.05, 0.1) is 23.6 Å². The van der Waals surface area contributed by atoms with E-state index in [2.05, 4.69) is 22.1 Å². The summed E-state index contributed by atoms with van der Waals surface area (Å²) in [5.41, 5.74) is 0. The van der Waals surface area contributed by atoms with E-state index < -0.39 is 5.82 Å². The molecule has 10 heteroatoms. The van der Waals surface area contributed by atoms with Gasteiger partial charge in [-0.3, -0.25) is 9.36 Å². The second kappa shape index (κ2) is 10.1. The minimum absolute atomic E-state index is 0.0214. The zero-order valence-electron chi connectivity index (χ0n) is 15.3. The number of furan rings is 1. The molecule has 2 heterocycles. The van der Waals surface area contributed by atoms with Crippen molar-refractivity contribution in [3.05, 3.63) is 71.7 Å². The maximum Gasteiger partial charge on any atom is 0.230 e. The Labute approximate surface area is 175 Å². The zero-order chi connectivity index (χ0) is 20.6. The zero-order valence-corrected chi connectivity index (χ0v) is 16.9. The van der Waals surface area contributed by atoms with Gasteiger partial charge in [-0.25, -0.2) is 4.39 Å². The smallest absolute Gasteiger partial charge is 0.230 e. The van der Waals surface area contributed by atoms with Gasteiger partial charge in [0.25, 0.3) is 0 Å². The van der Waals surface area contributed by atoms with Gasteiger partial charge in [-0.1, -0.05) is 29.4 Å². The fraction of sp³-hybridized carbons (Fsp3) is 0.211. The number of nitrogens with zero attached hydrogens (tertiary/aromatic N) is 3. The van der Waals surface area contributed by atoms with E-state index in [4.69, 9.17) is 20.8 Å². The molecule has 0 saturated heterocycles. The van der Waals surface area contributed by atoms with Crippen LogP contribution in [0.4, 0.5) is 4.39 Å². The Morgan fingerprint density at radius 1 is 1.41 bits per heavy atom. The molecule has 0 unspecified atom stereocenters. The van der Waals surface area contributed by atoms with Crippen molar-refractivity contribution in [3.8, 4) is 5.75 Å². The number of amides is 1. The van der Waals surface area contributed by atoms with Crippen molar-refractivity contribution in [2.45, 2.75) is 24.9 Å². The van der Waals surface area contributed by atoms with Gasteiger partial charge in [-0.2, -0.15) is 0 Å². The molecule has 0 bridgehead atoms. The Balaban J connectivity index is 1.57. The Bertz CT molecular complexity index is 978. The molecule has 0 fully saturated rings. The van der Waals surface area contributed by atoms with Crippen LogP contribution in [0.3, 0.4) is 0 Å². The number of carbonyl (C=O) groups excluding carboxylic acids is 1. The molecule has 0 saturated carbocycles. The van der Waals surface area contributed by atoms with Crippen molar-refractivity contribution >= 4 is 29.3 Å². The van der Waals surface area contributed by atoms with Gasteiger partial charge in [0.2, 0.25) is 5.91 Å². The molecule has 3 rings (SSSR count). The van der Waals surface area contributed by atoms with Crippen molar-refractivity contribution in [1.29, 1.82) is 0 Å². The summed E-state index contributed by atoms with van der Waals surface area (Å²) in [4.78, 5) is 12.0. The van der Waals surface area contributed by atoms with Crippen molar-refractivity contribution < 1.29 is 18.3 Å². The van der Waals surface area contributed by atoms with E-state index in [0.717, 1.165) is 0 Å². The van der Waals surface area contributed by atoms with Gasteiger partial charge in [0.1, 0.15) is 23.9 Å². The predicted molar refractivity (Wildman–Crippen MR) is 107 cm³/mol. The first kappa shape index (κ1) is 20.9. The minimum Gasteiger partial charge on any atom is -0.486 e. The number of allylic oxidation sites excluding steroid dienone is 1. The second-order valence-electron chi connectivity index (χ2n) is 5.81. The van der Waals surface area contributed by atoms with Crippen molar-refractivity contribution in [3.63, 3.8) is 0 Å². The minimum atomic E-state index is -0.516. The number of ether oxygens (including phenoxy) is 1. The van der Waals surface area contributed by atoms with Crippen LogP contribution in [-0.4, -0.2) is 26.4 Å². The summed E-state index contributed by atoms with van der Waals surface area (Å²) < 4.78 is 25.8. The molecule has 29 heavy (non-hydrogen) atoms. The number of aromatic nitrogens is 3. The first-order chi connectivity index (χ1) is 14.1. The molecule has 0 atom stereocenters. The summed E-state index contributed by atoms with van der Waals surface area (Å²) in [5.74, 6) is 1.14. The normalized spacial score (nSPS) is 10.7. The van der Waals surface area contributed by atoms with Gasteiger partial charge >= 0.3 is 0 Å². The van der Waals surface area contributed by atoms with Crippen molar-refractivity contribution in [2.75, 3.05) is 5.75 Å². The fourth-order valence-electron chi connectivity index (χ4n) is 2.34. The van der Waals surface area contributed by atoms with E-state index in [9.17, 15) is 9.18 Å². The van der Waals surface area contributed by atoms with Crippen LogP contribution in [0.1, 0.15) is 11.6 Å². The summed E-state index contributed by atoms with van der Waals surface area (Å²) in [7, 11) is 0. The summed E-state index contributed by atoms with van der Waals surface area (Å²) in [6.07, 6.45) is 3.25. The third-order valence-corrected chi connectivity index (χ3v) is 4.99. The van der Waals surface area contributed by atoms with Crippen LogP contribution in [0.2, 0.25) is 5.02 Å². The molecule has 1 aromatic carbocycles. The number of carbonyl (C=O) groups is 1. The lowest BCUT2D eigenvalue weighted by molar-refractivity contribution is -0.118. The van der Waals surface area contributed by atoms with Crippen molar-refractivity contribution in [2.24, 2.45) is 0 Å². The molecule has 2 aromatic heterocycles. The maximum absolute atomic E-state index is 13.2. The lowest BCUT2D eigenvalue weighted by atomic mass is 10.3. The molecule has 3 aromatic rings. The molecule has 0 spiro atoms. The van der Waals surface area contributed by atoms with Crippen molar-refractivity contribution in [1.82, 2.24) is 20.1 Å². The molecular formula is C19H18ClFN4O3S. The molecule has 152 valence electrons. The molecule has 0 radical (unpaired) electrons. The SMILES string of the molecule is C=CCn1c(COc2ccc(F)c(Cl)c2)nnc1SCC(=O)NCc1ccco1. The van der Waals surface area contributed by atoms with Gasteiger partial charge < -0.3 is 14.5 Å². The summed E-state index contributed by atoms with van der Waals surface area (Å²) >= 11 is 7.01. The van der Waals surface area contributed by atoms with Gasteiger partial charge in [-0.05, 0) is 24.3 Å². The van der Waals surface area contributed by atoms with Crippen LogP contribution >= 0.6 is 23.4 Å². The maximum atomic E-state index is 13.2. The number of halogens is 2. The molecule has 1 N–H and O–H groups in total. The Kier molecular flexibility index (Phi) is 7.31. The standard InChI is InChI=1S/C19H18ClFN4O3S/c1-2-7-25-17(11-28-13-5-6-16(21)15(20)9-13)23-24-19(25)29-12-18(26)22-10-14-4-3-8-27-14/h2-6,8-9H,1,7,10-12H2,(H,22,26). The second-order valence-corrected chi connectivity index (χ2v) is 7.16. The molecule has 7 nitrogen and oxygen atoms in total. The average Bonchev–Trinajstić information content (AvgIpc) is 3.36. The largest absolute Gasteiger partial charge is 0.486 e. The Hall–Kier alpha value is -2.78. The third-order valence-electron chi connectivity index (χ3n) is 3.74.